The van der Waals surface area contributed by atoms with E-state index in [1.54, 1.807) is 0 Å². The number of rotatable bonds is 8. The Kier molecular flexibility index (Phi) is 5.70. The molecule has 2 amide bonds. The maximum absolute atomic E-state index is 12.2. The van der Waals surface area contributed by atoms with Crippen LogP contribution in [-0.4, -0.2) is 42.8 Å². The molecular weight excluding hydrogens is 384 g/mol. The highest BCUT2D eigenvalue weighted by molar-refractivity contribution is 5.82. The molecule has 0 aromatic heterocycles. The molecule has 7 heteroatoms. The van der Waals surface area contributed by atoms with Crippen LogP contribution in [0.15, 0.2) is 48.5 Å². The zero-order valence-electron chi connectivity index (χ0n) is 16.5. The van der Waals surface area contributed by atoms with Crippen molar-refractivity contribution in [2.45, 2.75) is 18.8 Å². The molecule has 2 aliphatic rings. The fraction of sp³-hybridized carbons (Fsp3) is 0.348. The van der Waals surface area contributed by atoms with E-state index in [-0.39, 0.29) is 43.2 Å². The number of carbonyl (C=O) groups excluding carboxylic acids is 2. The third-order valence-electron chi connectivity index (χ3n) is 5.75. The molecule has 1 fully saturated rings. The standard InChI is InChI=1S/C23H24N2O5/c26-21(27)9-10-24-22(28)19-11-14(19)12-25-23(29)30-13-20-17-7-3-1-5-15(17)16-6-2-4-8-18(16)20/h1-8,14,19-20H,9-13H2,(H,24,28)(H,25,29)(H,26,27)/t14-,19-/m0/s1. The summed E-state index contributed by atoms with van der Waals surface area (Å²) in [5.74, 6) is -1.20. The SMILES string of the molecule is O=C(O)CCNC(=O)[C@H]1C[C@H]1CNC(=O)OCC1c2ccccc2-c2ccccc21. The van der Waals surface area contributed by atoms with E-state index >= 15 is 0 Å². The number of fused-ring (bicyclic) bond motifs is 3. The van der Waals surface area contributed by atoms with E-state index < -0.39 is 12.1 Å². The summed E-state index contributed by atoms with van der Waals surface area (Å²) >= 11 is 0. The molecule has 2 aromatic carbocycles. The summed E-state index contributed by atoms with van der Waals surface area (Å²) in [6, 6.07) is 16.3. The van der Waals surface area contributed by atoms with Gasteiger partial charge in [0, 0.05) is 24.9 Å². The van der Waals surface area contributed by atoms with Gasteiger partial charge in [-0.3, -0.25) is 9.59 Å². The summed E-state index contributed by atoms with van der Waals surface area (Å²) in [5.41, 5.74) is 4.67. The van der Waals surface area contributed by atoms with Crippen LogP contribution in [-0.2, 0) is 14.3 Å². The van der Waals surface area contributed by atoms with Crippen molar-refractivity contribution in [3.05, 3.63) is 59.7 Å². The van der Waals surface area contributed by atoms with Gasteiger partial charge in [-0.05, 0) is 34.6 Å². The van der Waals surface area contributed by atoms with Crippen LogP contribution < -0.4 is 10.6 Å². The number of hydrogen-bond acceptors (Lipinski definition) is 4. The lowest BCUT2D eigenvalue weighted by Crippen LogP contribution is -2.31. The second-order valence-corrected chi connectivity index (χ2v) is 7.74. The minimum atomic E-state index is -0.945. The Morgan fingerprint density at radius 2 is 1.60 bits per heavy atom. The van der Waals surface area contributed by atoms with E-state index in [2.05, 4.69) is 34.9 Å². The predicted octanol–water partition coefficient (Wildman–Crippen LogP) is 2.75. The first-order chi connectivity index (χ1) is 14.5. The van der Waals surface area contributed by atoms with Gasteiger partial charge >= 0.3 is 12.1 Å². The number of carboxylic acid groups (broad SMARTS) is 1. The van der Waals surface area contributed by atoms with E-state index in [1.807, 2.05) is 24.3 Å². The lowest BCUT2D eigenvalue weighted by molar-refractivity contribution is -0.136. The molecule has 0 radical (unpaired) electrons. The van der Waals surface area contributed by atoms with Gasteiger partial charge in [-0.1, -0.05) is 48.5 Å². The van der Waals surface area contributed by atoms with Gasteiger partial charge < -0.3 is 20.5 Å². The van der Waals surface area contributed by atoms with Crippen LogP contribution in [0.5, 0.6) is 0 Å². The number of nitrogens with one attached hydrogen (secondary N) is 2. The van der Waals surface area contributed by atoms with Crippen molar-refractivity contribution < 1.29 is 24.2 Å². The second kappa shape index (κ2) is 8.57. The number of ether oxygens (including phenoxy) is 1. The second-order valence-electron chi connectivity index (χ2n) is 7.74. The molecule has 0 bridgehead atoms. The van der Waals surface area contributed by atoms with Gasteiger partial charge in [0.25, 0.3) is 0 Å². The monoisotopic (exact) mass is 408 g/mol. The van der Waals surface area contributed by atoms with Crippen LogP contribution in [0.3, 0.4) is 0 Å². The Morgan fingerprint density at radius 1 is 0.967 bits per heavy atom. The van der Waals surface area contributed by atoms with E-state index in [1.165, 1.54) is 11.1 Å². The highest BCUT2D eigenvalue weighted by atomic mass is 16.5. The van der Waals surface area contributed by atoms with Crippen molar-refractivity contribution in [3.63, 3.8) is 0 Å². The number of alkyl carbamates (subject to hydrolysis) is 1. The molecule has 0 unspecified atom stereocenters. The molecule has 1 saturated carbocycles. The molecule has 0 spiro atoms. The molecule has 7 nitrogen and oxygen atoms in total. The lowest BCUT2D eigenvalue weighted by atomic mass is 9.98. The van der Waals surface area contributed by atoms with Gasteiger partial charge in [0.1, 0.15) is 6.61 Å². The van der Waals surface area contributed by atoms with Crippen molar-refractivity contribution in [2.75, 3.05) is 19.7 Å². The smallest absolute Gasteiger partial charge is 0.407 e. The largest absolute Gasteiger partial charge is 0.481 e. The molecule has 2 aliphatic carbocycles. The van der Waals surface area contributed by atoms with Crippen molar-refractivity contribution in [1.82, 2.24) is 10.6 Å². The molecule has 3 N–H and O–H groups in total. The third-order valence-corrected chi connectivity index (χ3v) is 5.75. The fourth-order valence-corrected chi connectivity index (χ4v) is 4.08. The number of carbonyl (C=O) groups is 3. The highest BCUT2D eigenvalue weighted by Crippen LogP contribution is 2.44. The molecular formula is C23H24N2O5. The topological polar surface area (TPSA) is 105 Å². The van der Waals surface area contributed by atoms with E-state index in [4.69, 9.17) is 9.84 Å². The Balaban J connectivity index is 1.24. The Bertz CT molecular complexity index is 928. The van der Waals surface area contributed by atoms with E-state index in [0.29, 0.717) is 13.0 Å². The summed E-state index contributed by atoms with van der Waals surface area (Å²) < 4.78 is 5.49. The van der Waals surface area contributed by atoms with Crippen LogP contribution in [0.2, 0.25) is 0 Å². The molecule has 0 heterocycles. The molecule has 2 aromatic rings. The van der Waals surface area contributed by atoms with Crippen LogP contribution in [0.25, 0.3) is 11.1 Å². The minimum absolute atomic E-state index is 0.0110. The Labute approximate surface area is 174 Å². The first-order valence-electron chi connectivity index (χ1n) is 10.1. The quantitative estimate of drug-likeness (QED) is 0.623. The van der Waals surface area contributed by atoms with Crippen LogP contribution >= 0.6 is 0 Å². The number of hydrogen-bond donors (Lipinski definition) is 3. The fourth-order valence-electron chi connectivity index (χ4n) is 4.08. The van der Waals surface area contributed by atoms with Gasteiger partial charge in [-0.15, -0.1) is 0 Å². The van der Waals surface area contributed by atoms with Crippen molar-refractivity contribution in [3.8, 4) is 11.1 Å². The summed E-state index contributed by atoms with van der Waals surface area (Å²) in [6.45, 7) is 0.745. The Morgan fingerprint density at radius 3 is 2.23 bits per heavy atom. The normalized spacial score (nSPS) is 18.8. The first-order valence-corrected chi connectivity index (χ1v) is 10.1. The zero-order valence-corrected chi connectivity index (χ0v) is 16.5. The third kappa shape index (κ3) is 4.30. The van der Waals surface area contributed by atoms with Crippen molar-refractivity contribution in [1.29, 1.82) is 0 Å². The van der Waals surface area contributed by atoms with Gasteiger partial charge in [0.15, 0.2) is 0 Å². The summed E-state index contributed by atoms with van der Waals surface area (Å²) in [4.78, 5) is 34.6. The maximum Gasteiger partial charge on any atom is 0.407 e. The summed E-state index contributed by atoms with van der Waals surface area (Å²) in [7, 11) is 0. The van der Waals surface area contributed by atoms with Crippen LogP contribution in [0.4, 0.5) is 4.79 Å². The molecule has 4 rings (SSSR count). The van der Waals surface area contributed by atoms with Crippen molar-refractivity contribution >= 4 is 18.0 Å². The van der Waals surface area contributed by atoms with Gasteiger partial charge in [0.2, 0.25) is 5.91 Å². The summed E-state index contributed by atoms with van der Waals surface area (Å²) in [5, 5.41) is 14.0. The van der Waals surface area contributed by atoms with Crippen molar-refractivity contribution in [2.24, 2.45) is 11.8 Å². The zero-order chi connectivity index (χ0) is 21.1. The molecule has 0 saturated heterocycles. The number of benzene rings is 2. The minimum Gasteiger partial charge on any atom is -0.481 e. The van der Waals surface area contributed by atoms with Crippen LogP contribution in [0, 0.1) is 11.8 Å². The molecule has 30 heavy (non-hydrogen) atoms. The first kappa shape index (κ1) is 19.9. The van der Waals surface area contributed by atoms with Crippen LogP contribution in [0.1, 0.15) is 29.9 Å². The predicted molar refractivity (Wildman–Crippen MR) is 110 cm³/mol. The molecule has 2 atom stereocenters. The average Bonchev–Trinajstić information content (AvgIpc) is 3.46. The van der Waals surface area contributed by atoms with Gasteiger partial charge in [0.05, 0.1) is 6.42 Å². The molecule has 156 valence electrons. The lowest BCUT2D eigenvalue weighted by Gasteiger charge is -2.14. The van der Waals surface area contributed by atoms with Gasteiger partial charge in [-0.25, -0.2) is 4.79 Å². The van der Waals surface area contributed by atoms with E-state index in [9.17, 15) is 14.4 Å². The number of carboxylic acids is 1. The average molecular weight is 408 g/mol. The Hall–Kier alpha value is -3.35. The summed E-state index contributed by atoms with van der Waals surface area (Å²) in [6.07, 6.45) is 0.0951. The highest BCUT2D eigenvalue weighted by Gasteiger charge is 2.42. The number of aliphatic carboxylic acids is 1. The molecule has 0 aliphatic heterocycles. The van der Waals surface area contributed by atoms with E-state index in [0.717, 1.165) is 11.1 Å². The number of amides is 2. The maximum atomic E-state index is 12.2. The van der Waals surface area contributed by atoms with Gasteiger partial charge in [-0.2, -0.15) is 0 Å².